The van der Waals surface area contributed by atoms with E-state index in [1.807, 2.05) is 12.1 Å². The fraction of sp³-hybridized carbons (Fsp3) is 0.562. The minimum atomic E-state index is -0.881. The van der Waals surface area contributed by atoms with Crippen molar-refractivity contribution >= 4 is 5.97 Å². The highest BCUT2D eigenvalue weighted by atomic mass is 16.4. The number of nitrogens with one attached hydrogen (secondary N) is 1. The van der Waals surface area contributed by atoms with Gasteiger partial charge >= 0.3 is 5.97 Å². The van der Waals surface area contributed by atoms with Crippen LogP contribution in [0.15, 0.2) is 24.3 Å². The summed E-state index contributed by atoms with van der Waals surface area (Å²) < 4.78 is 0. The summed E-state index contributed by atoms with van der Waals surface area (Å²) in [6, 6.07) is 7.02. The van der Waals surface area contributed by atoms with Gasteiger partial charge in [-0.2, -0.15) is 0 Å². The minimum Gasteiger partial charge on any atom is -0.478 e. The molecule has 0 aliphatic heterocycles. The third-order valence-electron chi connectivity index (χ3n) is 4.13. The maximum absolute atomic E-state index is 10.8. The van der Waals surface area contributed by atoms with Crippen LogP contribution in [-0.4, -0.2) is 17.6 Å². The number of hydrogen-bond acceptors (Lipinski definition) is 2. The zero-order valence-corrected chi connectivity index (χ0v) is 12.6. The van der Waals surface area contributed by atoms with E-state index in [0.29, 0.717) is 5.56 Å². The second kappa shape index (κ2) is 5.74. The third kappa shape index (κ3) is 4.35. The number of carbonyl (C=O) groups is 1. The second-order valence-corrected chi connectivity index (χ2v) is 6.74. The predicted octanol–water partition coefficient (Wildman–Crippen LogP) is 3.55. The van der Waals surface area contributed by atoms with Crippen LogP contribution in [0.5, 0.6) is 0 Å². The number of hydrogen-bond donors (Lipinski definition) is 2. The lowest BCUT2D eigenvalue weighted by Crippen LogP contribution is -2.39. The van der Waals surface area contributed by atoms with Crippen molar-refractivity contribution in [1.29, 1.82) is 0 Å². The number of aromatic carboxylic acids is 1. The van der Waals surface area contributed by atoms with E-state index in [2.05, 4.69) is 39.9 Å². The van der Waals surface area contributed by atoms with Gasteiger partial charge < -0.3 is 10.4 Å². The van der Waals surface area contributed by atoms with E-state index >= 15 is 0 Å². The third-order valence-corrected chi connectivity index (χ3v) is 4.13. The summed E-state index contributed by atoms with van der Waals surface area (Å²) in [6.07, 6.45) is 0. The number of carboxylic acid groups (broad SMARTS) is 1. The van der Waals surface area contributed by atoms with Gasteiger partial charge in [-0.25, -0.2) is 4.79 Å². The molecule has 0 radical (unpaired) electrons. The zero-order chi connectivity index (χ0) is 14.7. The summed E-state index contributed by atoms with van der Waals surface area (Å²) in [6.45, 7) is 12.9. The van der Waals surface area contributed by atoms with Crippen LogP contribution >= 0.6 is 0 Å². The molecule has 3 heteroatoms. The van der Waals surface area contributed by atoms with E-state index in [-0.39, 0.29) is 10.8 Å². The van der Waals surface area contributed by atoms with Crippen LogP contribution in [0.4, 0.5) is 0 Å². The number of carboxylic acids is 1. The lowest BCUT2D eigenvalue weighted by atomic mass is 9.69. The van der Waals surface area contributed by atoms with E-state index in [0.717, 1.165) is 18.7 Å². The summed E-state index contributed by atoms with van der Waals surface area (Å²) in [7, 11) is 0. The Balaban J connectivity index is 2.52. The van der Waals surface area contributed by atoms with Crippen LogP contribution in [0.2, 0.25) is 0 Å². The van der Waals surface area contributed by atoms with Gasteiger partial charge in [0, 0.05) is 13.1 Å². The molecular weight excluding hydrogens is 238 g/mol. The smallest absolute Gasteiger partial charge is 0.335 e. The monoisotopic (exact) mass is 263 g/mol. The van der Waals surface area contributed by atoms with Crippen molar-refractivity contribution in [2.24, 2.45) is 10.8 Å². The molecule has 0 aromatic heterocycles. The average Bonchev–Trinajstić information content (AvgIpc) is 2.28. The molecule has 0 unspecified atom stereocenters. The molecular formula is C16H25NO2. The molecule has 0 amide bonds. The molecule has 0 saturated carbocycles. The van der Waals surface area contributed by atoms with Crippen molar-refractivity contribution in [2.75, 3.05) is 6.54 Å². The molecule has 0 aliphatic carbocycles. The van der Waals surface area contributed by atoms with Gasteiger partial charge in [0.25, 0.3) is 0 Å². The predicted molar refractivity (Wildman–Crippen MR) is 78.3 cm³/mol. The first-order chi connectivity index (χ1) is 8.63. The first-order valence-electron chi connectivity index (χ1n) is 6.66. The Morgan fingerprint density at radius 2 is 1.63 bits per heavy atom. The molecule has 1 aromatic carbocycles. The number of benzene rings is 1. The average molecular weight is 263 g/mol. The van der Waals surface area contributed by atoms with Crippen molar-refractivity contribution < 1.29 is 9.90 Å². The molecule has 0 aliphatic rings. The molecule has 0 heterocycles. The van der Waals surface area contributed by atoms with Crippen molar-refractivity contribution in [2.45, 2.75) is 41.2 Å². The highest BCUT2D eigenvalue weighted by Gasteiger charge is 2.31. The van der Waals surface area contributed by atoms with Gasteiger partial charge in [0.05, 0.1) is 5.56 Å². The van der Waals surface area contributed by atoms with Crippen LogP contribution < -0.4 is 5.32 Å². The minimum absolute atomic E-state index is 0.202. The van der Waals surface area contributed by atoms with E-state index in [9.17, 15) is 4.79 Å². The lowest BCUT2D eigenvalue weighted by Gasteiger charge is -2.39. The molecule has 1 rings (SSSR count). The first-order valence-corrected chi connectivity index (χ1v) is 6.66. The Labute approximate surface area is 116 Å². The molecule has 3 nitrogen and oxygen atoms in total. The van der Waals surface area contributed by atoms with Gasteiger partial charge in [-0.15, -0.1) is 0 Å². The molecule has 0 bridgehead atoms. The number of rotatable bonds is 5. The van der Waals surface area contributed by atoms with Crippen LogP contribution in [-0.2, 0) is 6.54 Å². The van der Waals surface area contributed by atoms with E-state index in [4.69, 9.17) is 5.11 Å². The van der Waals surface area contributed by atoms with Gasteiger partial charge in [0.1, 0.15) is 0 Å². The molecule has 0 fully saturated rings. The normalized spacial score (nSPS) is 12.5. The lowest BCUT2D eigenvalue weighted by molar-refractivity contribution is 0.0697. The zero-order valence-electron chi connectivity index (χ0n) is 12.6. The highest BCUT2D eigenvalue weighted by Crippen LogP contribution is 2.36. The fourth-order valence-corrected chi connectivity index (χ4v) is 1.55. The summed E-state index contributed by atoms with van der Waals surface area (Å²) in [5, 5.41) is 12.3. The van der Waals surface area contributed by atoms with Crippen molar-refractivity contribution in [3.63, 3.8) is 0 Å². The Bertz CT molecular complexity index is 427. The van der Waals surface area contributed by atoms with Crippen LogP contribution in [0.25, 0.3) is 0 Å². The Kier molecular flexibility index (Phi) is 4.75. The second-order valence-electron chi connectivity index (χ2n) is 6.74. The van der Waals surface area contributed by atoms with Gasteiger partial charge in [-0.05, 0) is 28.5 Å². The maximum Gasteiger partial charge on any atom is 0.335 e. The van der Waals surface area contributed by atoms with Crippen LogP contribution in [0.3, 0.4) is 0 Å². The SMILES string of the molecule is CC(C)(C)C(C)(C)CNCc1ccc(C(=O)O)cc1. The molecule has 0 spiro atoms. The van der Waals surface area contributed by atoms with Crippen LogP contribution in [0.1, 0.15) is 50.5 Å². The van der Waals surface area contributed by atoms with Gasteiger partial charge in [0.15, 0.2) is 0 Å². The van der Waals surface area contributed by atoms with E-state index in [1.165, 1.54) is 0 Å². The van der Waals surface area contributed by atoms with Gasteiger partial charge in [-0.1, -0.05) is 46.8 Å². The fourth-order valence-electron chi connectivity index (χ4n) is 1.55. The van der Waals surface area contributed by atoms with Crippen molar-refractivity contribution in [3.8, 4) is 0 Å². The Hall–Kier alpha value is -1.35. The standard InChI is InChI=1S/C16H25NO2/c1-15(2,3)16(4,5)11-17-10-12-6-8-13(9-7-12)14(18)19/h6-9,17H,10-11H2,1-5H3,(H,18,19). The maximum atomic E-state index is 10.8. The largest absolute Gasteiger partial charge is 0.478 e. The quantitative estimate of drug-likeness (QED) is 0.854. The van der Waals surface area contributed by atoms with Crippen molar-refractivity contribution in [3.05, 3.63) is 35.4 Å². The molecule has 2 N–H and O–H groups in total. The molecule has 1 aromatic rings. The van der Waals surface area contributed by atoms with E-state index < -0.39 is 5.97 Å². The topological polar surface area (TPSA) is 49.3 Å². The molecule has 106 valence electrons. The molecule has 19 heavy (non-hydrogen) atoms. The summed E-state index contributed by atoms with van der Waals surface area (Å²) >= 11 is 0. The molecule has 0 atom stereocenters. The highest BCUT2D eigenvalue weighted by molar-refractivity contribution is 5.87. The summed E-state index contributed by atoms with van der Waals surface area (Å²) in [5.74, 6) is -0.881. The summed E-state index contributed by atoms with van der Waals surface area (Å²) in [4.78, 5) is 10.8. The first kappa shape index (κ1) is 15.7. The Morgan fingerprint density at radius 1 is 1.11 bits per heavy atom. The van der Waals surface area contributed by atoms with Crippen molar-refractivity contribution in [1.82, 2.24) is 5.32 Å². The van der Waals surface area contributed by atoms with Gasteiger partial charge in [-0.3, -0.25) is 0 Å². The van der Waals surface area contributed by atoms with Gasteiger partial charge in [0.2, 0.25) is 0 Å². The Morgan fingerprint density at radius 3 is 2.05 bits per heavy atom. The summed E-state index contributed by atoms with van der Waals surface area (Å²) in [5.41, 5.74) is 1.88. The van der Waals surface area contributed by atoms with Crippen LogP contribution in [0, 0.1) is 10.8 Å². The molecule has 0 saturated heterocycles. The van der Waals surface area contributed by atoms with E-state index in [1.54, 1.807) is 12.1 Å².